The van der Waals surface area contributed by atoms with Gasteiger partial charge in [-0.3, -0.25) is 14.9 Å². The fourth-order valence-corrected chi connectivity index (χ4v) is 3.94. The lowest BCUT2D eigenvalue weighted by molar-refractivity contribution is -0.115. The summed E-state index contributed by atoms with van der Waals surface area (Å²) in [6, 6.07) is 4.10. The molecule has 0 aliphatic carbocycles. The Bertz CT molecular complexity index is 768. The first-order valence-electron chi connectivity index (χ1n) is 8.75. The molecule has 1 unspecified atom stereocenters. The van der Waals surface area contributed by atoms with Crippen LogP contribution in [0.15, 0.2) is 17.0 Å². The molecule has 8 nitrogen and oxygen atoms in total. The quantitative estimate of drug-likeness (QED) is 0.594. The van der Waals surface area contributed by atoms with Crippen LogP contribution in [0, 0.1) is 0 Å². The van der Waals surface area contributed by atoms with Gasteiger partial charge < -0.3 is 25.4 Å². The van der Waals surface area contributed by atoms with Crippen LogP contribution < -0.4 is 30.7 Å². The number of anilines is 1. The lowest BCUT2D eigenvalue weighted by atomic mass is 10.1. The van der Waals surface area contributed by atoms with E-state index in [1.54, 1.807) is 20.3 Å². The number of rotatable bonds is 7. The van der Waals surface area contributed by atoms with E-state index in [2.05, 4.69) is 15.5 Å². The zero-order chi connectivity index (χ0) is 19.4. The molecule has 0 bridgehead atoms. The number of ether oxygens (including phenoxy) is 2. The highest BCUT2D eigenvalue weighted by atomic mass is 32.2. The van der Waals surface area contributed by atoms with E-state index in [1.807, 2.05) is 12.1 Å². The Morgan fingerprint density at radius 3 is 2.70 bits per heavy atom. The molecule has 0 aromatic heterocycles. The molecule has 2 fully saturated rings. The van der Waals surface area contributed by atoms with Gasteiger partial charge in [-0.25, -0.2) is 0 Å². The summed E-state index contributed by atoms with van der Waals surface area (Å²) in [4.78, 5) is 26.0. The van der Waals surface area contributed by atoms with E-state index in [0.717, 1.165) is 49.1 Å². The predicted molar refractivity (Wildman–Crippen MR) is 106 cm³/mol. The minimum Gasteiger partial charge on any atom is -0.493 e. The number of nitrogens with zero attached hydrogens (tertiary/aromatic N) is 1. The molecular weight excluding hydrogens is 368 g/mol. The Morgan fingerprint density at radius 1 is 1.33 bits per heavy atom. The number of carbonyl (C=O) groups excluding carboxylic acids is 2. The number of nitrogens with one attached hydrogen (secondary N) is 2. The van der Waals surface area contributed by atoms with Crippen molar-refractivity contribution in [2.45, 2.75) is 12.5 Å². The molecular formula is C18H24N4O4S. The molecule has 0 radical (unpaired) electrons. The van der Waals surface area contributed by atoms with E-state index in [1.165, 1.54) is 0 Å². The Morgan fingerprint density at radius 2 is 2.07 bits per heavy atom. The third-order valence-corrected chi connectivity index (χ3v) is 5.38. The van der Waals surface area contributed by atoms with E-state index in [9.17, 15) is 9.59 Å². The van der Waals surface area contributed by atoms with Gasteiger partial charge in [0.25, 0.3) is 11.1 Å². The number of hydrogen-bond acceptors (Lipinski definition) is 8. The number of nitrogens with two attached hydrogens (primary N) is 1. The second-order valence-corrected chi connectivity index (χ2v) is 7.31. The van der Waals surface area contributed by atoms with Crippen molar-refractivity contribution >= 4 is 34.7 Å². The van der Waals surface area contributed by atoms with Crippen LogP contribution in [0.2, 0.25) is 0 Å². The normalized spacial score (nSPS) is 21.1. The average Bonchev–Trinajstić information content (AvgIpc) is 3.25. The smallest absolute Gasteiger partial charge is 0.290 e. The minimum atomic E-state index is -0.380. The highest BCUT2D eigenvalue weighted by Gasteiger charge is 2.28. The molecule has 9 heteroatoms. The van der Waals surface area contributed by atoms with Gasteiger partial charge in [0.05, 0.1) is 19.1 Å². The number of thioether (sulfide) groups is 1. The van der Waals surface area contributed by atoms with E-state index >= 15 is 0 Å². The first-order valence-corrected chi connectivity index (χ1v) is 9.56. The molecule has 2 aliphatic heterocycles. The van der Waals surface area contributed by atoms with Gasteiger partial charge in [0, 0.05) is 49.5 Å². The fraction of sp³-hybridized carbons (Fsp3) is 0.444. The van der Waals surface area contributed by atoms with E-state index in [0.29, 0.717) is 29.0 Å². The van der Waals surface area contributed by atoms with Gasteiger partial charge in [-0.1, -0.05) is 0 Å². The van der Waals surface area contributed by atoms with Gasteiger partial charge in [0.1, 0.15) is 0 Å². The molecule has 0 spiro atoms. The summed E-state index contributed by atoms with van der Waals surface area (Å²) < 4.78 is 10.9. The van der Waals surface area contributed by atoms with Crippen molar-refractivity contribution in [2.24, 2.45) is 5.73 Å². The topological polar surface area (TPSA) is 106 Å². The molecule has 2 heterocycles. The lowest BCUT2D eigenvalue weighted by Crippen LogP contribution is -2.35. The van der Waals surface area contributed by atoms with Crippen LogP contribution in [0.3, 0.4) is 0 Å². The Labute approximate surface area is 162 Å². The number of imide groups is 1. The lowest BCUT2D eigenvalue weighted by Gasteiger charge is -2.23. The van der Waals surface area contributed by atoms with Crippen molar-refractivity contribution in [3.05, 3.63) is 22.6 Å². The molecule has 27 heavy (non-hydrogen) atoms. The van der Waals surface area contributed by atoms with Gasteiger partial charge in [-0.15, -0.1) is 0 Å². The number of benzene rings is 1. The summed E-state index contributed by atoms with van der Waals surface area (Å²) in [6.07, 6.45) is 2.72. The number of amides is 2. The molecule has 146 valence electrons. The highest BCUT2D eigenvalue weighted by molar-refractivity contribution is 8.18. The SMILES string of the molecule is COc1cc(/C=C2\SC(=O)NC2=O)c(N2CCC(NCCN)C2)cc1OC. The van der Waals surface area contributed by atoms with Crippen LogP contribution in [0.4, 0.5) is 10.5 Å². The molecule has 1 aromatic rings. The molecule has 1 aromatic carbocycles. The van der Waals surface area contributed by atoms with Crippen molar-refractivity contribution < 1.29 is 19.1 Å². The van der Waals surface area contributed by atoms with Crippen LogP contribution >= 0.6 is 11.8 Å². The van der Waals surface area contributed by atoms with Crippen LogP contribution in [0.1, 0.15) is 12.0 Å². The van der Waals surface area contributed by atoms with Gasteiger partial charge in [0.2, 0.25) is 0 Å². The summed E-state index contributed by atoms with van der Waals surface area (Å²) >= 11 is 0.900. The monoisotopic (exact) mass is 392 g/mol. The Balaban J connectivity index is 1.95. The molecule has 2 amide bonds. The number of hydrogen-bond donors (Lipinski definition) is 3. The van der Waals surface area contributed by atoms with Crippen LogP contribution in [-0.2, 0) is 4.79 Å². The van der Waals surface area contributed by atoms with E-state index in [-0.39, 0.29) is 11.1 Å². The van der Waals surface area contributed by atoms with Crippen molar-refractivity contribution in [2.75, 3.05) is 45.3 Å². The number of methoxy groups -OCH3 is 2. The van der Waals surface area contributed by atoms with Gasteiger partial charge >= 0.3 is 0 Å². The first-order chi connectivity index (χ1) is 13.0. The Hall–Kier alpha value is -2.23. The third-order valence-electron chi connectivity index (χ3n) is 4.57. The number of carbonyl (C=O) groups is 2. The van der Waals surface area contributed by atoms with Crippen LogP contribution in [0.25, 0.3) is 6.08 Å². The van der Waals surface area contributed by atoms with Crippen molar-refractivity contribution in [3.63, 3.8) is 0 Å². The molecule has 0 saturated carbocycles. The zero-order valence-corrected chi connectivity index (χ0v) is 16.2. The van der Waals surface area contributed by atoms with Gasteiger partial charge in [-0.05, 0) is 30.3 Å². The van der Waals surface area contributed by atoms with Crippen molar-refractivity contribution in [1.29, 1.82) is 0 Å². The van der Waals surface area contributed by atoms with Crippen molar-refractivity contribution in [3.8, 4) is 11.5 Å². The molecule has 3 rings (SSSR count). The molecule has 1 atom stereocenters. The third kappa shape index (κ3) is 4.37. The van der Waals surface area contributed by atoms with Gasteiger partial charge in [-0.2, -0.15) is 0 Å². The fourth-order valence-electron chi connectivity index (χ4n) is 3.27. The first kappa shape index (κ1) is 19.5. The standard InChI is InChI=1S/C18H24N4O4S/c1-25-14-7-11(8-16-17(23)21-18(24)27-16)13(9-15(14)26-2)22-6-3-12(10-22)20-5-4-19/h7-9,12,20H,3-6,10,19H2,1-2H3,(H,21,23,24)/b16-8-. The maximum atomic E-state index is 12.0. The average molecular weight is 392 g/mol. The second-order valence-electron chi connectivity index (χ2n) is 6.29. The predicted octanol–water partition coefficient (Wildman–Crippen LogP) is 1.15. The van der Waals surface area contributed by atoms with E-state index in [4.69, 9.17) is 15.2 Å². The van der Waals surface area contributed by atoms with Crippen molar-refractivity contribution in [1.82, 2.24) is 10.6 Å². The van der Waals surface area contributed by atoms with Gasteiger partial charge in [0.15, 0.2) is 11.5 Å². The van der Waals surface area contributed by atoms with E-state index < -0.39 is 0 Å². The maximum Gasteiger partial charge on any atom is 0.290 e. The Kier molecular flexibility index (Phi) is 6.25. The molecule has 2 aliphatic rings. The van der Waals surface area contributed by atoms with Crippen LogP contribution in [0.5, 0.6) is 11.5 Å². The summed E-state index contributed by atoms with van der Waals surface area (Å²) in [6.45, 7) is 3.07. The summed E-state index contributed by atoms with van der Waals surface area (Å²) in [5.74, 6) is 0.808. The molecule has 4 N–H and O–H groups in total. The summed E-state index contributed by atoms with van der Waals surface area (Å²) in [7, 11) is 3.16. The molecule has 2 saturated heterocycles. The highest BCUT2D eigenvalue weighted by Crippen LogP contribution is 2.39. The summed E-state index contributed by atoms with van der Waals surface area (Å²) in [5, 5.41) is 5.36. The van der Waals surface area contributed by atoms with Crippen LogP contribution in [-0.4, -0.2) is 57.6 Å². The minimum absolute atomic E-state index is 0.355. The largest absolute Gasteiger partial charge is 0.493 e. The zero-order valence-electron chi connectivity index (χ0n) is 15.4. The second kappa shape index (κ2) is 8.64. The summed E-state index contributed by atoms with van der Waals surface area (Å²) in [5.41, 5.74) is 7.32. The maximum absolute atomic E-state index is 12.0.